The van der Waals surface area contributed by atoms with E-state index in [0.717, 1.165) is 17.0 Å². The van der Waals surface area contributed by atoms with Gasteiger partial charge in [0, 0.05) is 32.3 Å². The van der Waals surface area contributed by atoms with Crippen LogP contribution in [-0.4, -0.2) is 31.1 Å². The van der Waals surface area contributed by atoms with Crippen molar-refractivity contribution in [2.24, 2.45) is 4.99 Å². The summed E-state index contributed by atoms with van der Waals surface area (Å²) < 4.78 is 5.30. The number of aromatic nitrogens is 1. The van der Waals surface area contributed by atoms with E-state index >= 15 is 0 Å². The van der Waals surface area contributed by atoms with E-state index in [9.17, 15) is 4.79 Å². The molecule has 0 unspecified atom stereocenters. The summed E-state index contributed by atoms with van der Waals surface area (Å²) in [6, 6.07) is 9.39. The van der Waals surface area contributed by atoms with E-state index < -0.39 is 0 Å². The number of hydrogen-bond acceptors (Lipinski definition) is 4. The van der Waals surface area contributed by atoms with Crippen molar-refractivity contribution in [3.8, 4) is 0 Å². The van der Waals surface area contributed by atoms with Crippen LogP contribution in [0.1, 0.15) is 47.1 Å². The van der Waals surface area contributed by atoms with Gasteiger partial charge in [-0.25, -0.2) is 0 Å². The Kier molecular flexibility index (Phi) is 6.56. The van der Waals surface area contributed by atoms with Gasteiger partial charge in [-0.3, -0.25) is 9.79 Å². The molecule has 0 aliphatic carbocycles. The second-order valence-electron chi connectivity index (χ2n) is 5.93. The fourth-order valence-electron chi connectivity index (χ4n) is 2.23. The van der Waals surface area contributed by atoms with E-state index in [-0.39, 0.29) is 5.91 Å². The first-order valence-corrected chi connectivity index (χ1v) is 8.24. The predicted octanol–water partition coefficient (Wildman–Crippen LogP) is 2.02. The molecule has 0 aliphatic rings. The zero-order valence-corrected chi connectivity index (χ0v) is 15.1. The molecular formula is C18H25N5O2. The average Bonchev–Trinajstić information content (AvgIpc) is 3.11. The Morgan fingerprint density at radius 1 is 1.24 bits per heavy atom. The molecule has 3 N–H and O–H groups in total. The summed E-state index contributed by atoms with van der Waals surface area (Å²) >= 11 is 0. The van der Waals surface area contributed by atoms with Crippen molar-refractivity contribution in [3.05, 3.63) is 52.9 Å². The molecule has 7 nitrogen and oxygen atoms in total. The lowest BCUT2D eigenvalue weighted by Crippen LogP contribution is -2.36. The molecule has 1 aromatic carbocycles. The monoisotopic (exact) mass is 343 g/mol. The molecule has 1 heterocycles. The van der Waals surface area contributed by atoms with E-state index in [1.165, 1.54) is 0 Å². The SMILES string of the molecule is CN=C(NCc1cccc(C(=O)NC)c1)NCc1cc(C(C)C)no1. The zero-order chi connectivity index (χ0) is 18.2. The van der Waals surface area contributed by atoms with Crippen molar-refractivity contribution in [3.63, 3.8) is 0 Å². The number of nitrogens with zero attached hydrogens (tertiary/aromatic N) is 2. The van der Waals surface area contributed by atoms with Crippen molar-refractivity contribution in [1.29, 1.82) is 0 Å². The average molecular weight is 343 g/mol. The molecule has 1 amide bonds. The van der Waals surface area contributed by atoms with Crippen LogP contribution in [0.4, 0.5) is 0 Å². The lowest BCUT2D eigenvalue weighted by atomic mass is 10.1. The molecule has 0 spiro atoms. The highest BCUT2D eigenvalue weighted by Gasteiger charge is 2.08. The second-order valence-corrected chi connectivity index (χ2v) is 5.93. The highest BCUT2D eigenvalue weighted by molar-refractivity contribution is 5.94. The normalized spacial score (nSPS) is 11.5. The van der Waals surface area contributed by atoms with Crippen LogP contribution in [0.3, 0.4) is 0 Å². The van der Waals surface area contributed by atoms with Gasteiger partial charge in [0.2, 0.25) is 0 Å². The summed E-state index contributed by atoms with van der Waals surface area (Å²) in [6.45, 7) is 5.20. The van der Waals surface area contributed by atoms with Crippen molar-refractivity contribution < 1.29 is 9.32 Å². The van der Waals surface area contributed by atoms with Gasteiger partial charge in [-0.2, -0.15) is 0 Å². The highest BCUT2D eigenvalue weighted by atomic mass is 16.5. The molecule has 0 radical (unpaired) electrons. The Labute approximate surface area is 147 Å². The molecule has 1 aromatic heterocycles. The van der Waals surface area contributed by atoms with Crippen molar-refractivity contribution in [2.45, 2.75) is 32.9 Å². The smallest absolute Gasteiger partial charge is 0.251 e. The predicted molar refractivity (Wildman–Crippen MR) is 97.5 cm³/mol. The van der Waals surface area contributed by atoms with Crippen LogP contribution in [0.25, 0.3) is 0 Å². The van der Waals surface area contributed by atoms with Crippen LogP contribution in [0.2, 0.25) is 0 Å². The molecule has 0 atom stereocenters. The Hall–Kier alpha value is -2.83. The minimum atomic E-state index is -0.101. The lowest BCUT2D eigenvalue weighted by molar-refractivity contribution is 0.0963. The van der Waals surface area contributed by atoms with Gasteiger partial charge in [0.15, 0.2) is 11.7 Å². The molecule has 2 aromatic rings. The summed E-state index contributed by atoms with van der Waals surface area (Å²) in [5, 5.41) is 13.1. The fourth-order valence-corrected chi connectivity index (χ4v) is 2.23. The molecule has 0 bridgehead atoms. The topological polar surface area (TPSA) is 91.5 Å². The number of hydrogen-bond donors (Lipinski definition) is 3. The van der Waals surface area contributed by atoms with Crippen LogP contribution in [0.15, 0.2) is 39.8 Å². The third-order valence-corrected chi connectivity index (χ3v) is 3.70. The number of guanidine groups is 1. The third kappa shape index (κ3) is 5.34. The van der Waals surface area contributed by atoms with Crippen LogP contribution in [0, 0.1) is 0 Å². The standard InChI is InChI=1S/C18H25N5O2/c1-12(2)16-9-15(25-23-16)11-22-18(20-4)21-10-13-6-5-7-14(8-13)17(24)19-3/h5-9,12H,10-11H2,1-4H3,(H,19,24)(H2,20,21,22). The van der Waals surface area contributed by atoms with Gasteiger partial charge >= 0.3 is 0 Å². The van der Waals surface area contributed by atoms with Crippen LogP contribution >= 0.6 is 0 Å². The number of aliphatic imine (C=N–C) groups is 1. The van der Waals surface area contributed by atoms with Crippen LogP contribution in [-0.2, 0) is 13.1 Å². The Morgan fingerprint density at radius 2 is 2.00 bits per heavy atom. The quantitative estimate of drug-likeness (QED) is 0.551. The van der Waals surface area contributed by atoms with Gasteiger partial charge < -0.3 is 20.5 Å². The Bertz CT molecular complexity index is 737. The summed E-state index contributed by atoms with van der Waals surface area (Å²) in [5.41, 5.74) is 2.56. The van der Waals surface area contributed by atoms with E-state index in [1.54, 1.807) is 20.2 Å². The summed E-state index contributed by atoms with van der Waals surface area (Å²) in [7, 11) is 3.32. The van der Waals surface area contributed by atoms with Gasteiger partial charge in [-0.05, 0) is 23.6 Å². The van der Waals surface area contributed by atoms with E-state index in [1.807, 2.05) is 24.3 Å². The summed E-state index contributed by atoms with van der Waals surface area (Å²) in [4.78, 5) is 15.9. The number of amides is 1. The van der Waals surface area contributed by atoms with E-state index in [2.05, 4.69) is 39.9 Å². The maximum atomic E-state index is 11.7. The first kappa shape index (κ1) is 18.5. The minimum absolute atomic E-state index is 0.101. The number of carbonyl (C=O) groups is 1. The van der Waals surface area contributed by atoms with Gasteiger partial charge in [0.1, 0.15) is 0 Å². The minimum Gasteiger partial charge on any atom is -0.359 e. The maximum Gasteiger partial charge on any atom is 0.251 e. The number of rotatable bonds is 6. The molecule has 0 fully saturated rings. The fraction of sp³-hybridized carbons (Fsp3) is 0.389. The maximum absolute atomic E-state index is 11.7. The van der Waals surface area contributed by atoms with Crippen molar-refractivity contribution in [2.75, 3.05) is 14.1 Å². The lowest BCUT2D eigenvalue weighted by Gasteiger charge is -2.11. The van der Waals surface area contributed by atoms with Gasteiger partial charge in [0.25, 0.3) is 5.91 Å². The zero-order valence-electron chi connectivity index (χ0n) is 15.1. The molecule has 0 saturated carbocycles. The first-order valence-electron chi connectivity index (χ1n) is 8.24. The largest absolute Gasteiger partial charge is 0.359 e. The third-order valence-electron chi connectivity index (χ3n) is 3.70. The summed E-state index contributed by atoms with van der Waals surface area (Å²) in [6.07, 6.45) is 0. The van der Waals surface area contributed by atoms with Crippen LogP contribution < -0.4 is 16.0 Å². The number of nitrogens with one attached hydrogen (secondary N) is 3. The van der Waals surface area contributed by atoms with Crippen LogP contribution in [0.5, 0.6) is 0 Å². The Balaban J connectivity index is 1.88. The molecule has 7 heteroatoms. The van der Waals surface area contributed by atoms with Crippen molar-refractivity contribution in [1.82, 2.24) is 21.1 Å². The molecule has 134 valence electrons. The van der Waals surface area contributed by atoms with Gasteiger partial charge in [-0.15, -0.1) is 0 Å². The highest BCUT2D eigenvalue weighted by Crippen LogP contribution is 2.13. The number of benzene rings is 1. The molecule has 0 saturated heterocycles. The van der Waals surface area contributed by atoms with Gasteiger partial charge in [-0.1, -0.05) is 31.1 Å². The molecule has 0 aliphatic heterocycles. The Morgan fingerprint density at radius 3 is 2.64 bits per heavy atom. The summed E-state index contributed by atoms with van der Waals surface area (Å²) in [5.74, 6) is 1.64. The van der Waals surface area contributed by atoms with Crippen molar-refractivity contribution >= 4 is 11.9 Å². The number of carbonyl (C=O) groups excluding carboxylic acids is 1. The first-order chi connectivity index (χ1) is 12.0. The van der Waals surface area contributed by atoms with Gasteiger partial charge in [0.05, 0.1) is 12.2 Å². The second kappa shape index (κ2) is 8.86. The van der Waals surface area contributed by atoms with E-state index in [0.29, 0.717) is 30.5 Å². The van der Waals surface area contributed by atoms with E-state index in [4.69, 9.17) is 4.52 Å². The molecular weight excluding hydrogens is 318 g/mol. The molecule has 2 rings (SSSR count). The molecule has 25 heavy (non-hydrogen) atoms.